The third-order valence-electron chi connectivity index (χ3n) is 3.62. The highest BCUT2D eigenvalue weighted by Gasteiger charge is 2.20. The molecule has 8 heteroatoms. The van der Waals surface area contributed by atoms with Crippen molar-refractivity contribution in [2.75, 3.05) is 6.61 Å². The number of Topliss-reactive ketones (excluding diaryl/α,β-unsaturated/α-hetero) is 1. The number of rotatable bonds is 6. The molecule has 0 aliphatic carbocycles. The van der Waals surface area contributed by atoms with Gasteiger partial charge in [-0.3, -0.25) is 9.59 Å². The first kappa shape index (κ1) is 18.9. The van der Waals surface area contributed by atoms with Crippen molar-refractivity contribution in [2.24, 2.45) is 5.73 Å². The summed E-state index contributed by atoms with van der Waals surface area (Å²) in [6.07, 6.45) is 0.657. The van der Waals surface area contributed by atoms with Crippen LogP contribution in [0.4, 0.5) is 0 Å². The number of benzene rings is 1. The monoisotopic (exact) mass is 354 g/mol. The van der Waals surface area contributed by atoms with Crippen molar-refractivity contribution in [1.82, 2.24) is 9.78 Å². The molecule has 1 heterocycles. The standard InChI is InChI=1S/C18H18N4O4/c1-3-8-22-17(24)13-7-5-4-6-12(13)16(21-22)18(25)26-10-15(23)14(9-19)11(2)20/h4-7H,3,8,10,20H2,1-2H3/b14-11+. The van der Waals surface area contributed by atoms with Crippen molar-refractivity contribution in [1.29, 1.82) is 5.26 Å². The van der Waals surface area contributed by atoms with Gasteiger partial charge in [0.15, 0.2) is 12.3 Å². The minimum absolute atomic E-state index is 0.0496. The number of nitrogens with two attached hydrogens (primary N) is 1. The molecule has 2 N–H and O–H groups in total. The summed E-state index contributed by atoms with van der Waals surface area (Å²) in [6, 6.07) is 8.22. The number of esters is 1. The molecule has 0 radical (unpaired) electrons. The van der Waals surface area contributed by atoms with Gasteiger partial charge < -0.3 is 10.5 Å². The van der Waals surface area contributed by atoms with Crippen LogP contribution in [0.25, 0.3) is 10.8 Å². The van der Waals surface area contributed by atoms with E-state index in [9.17, 15) is 14.4 Å². The van der Waals surface area contributed by atoms with Gasteiger partial charge >= 0.3 is 5.97 Å². The zero-order chi connectivity index (χ0) is 19.3. The van der Waals surface area contributed by atoms with Gasteiger partial charge in [0.1, 0.15) is 11.6 Å². The van der Waals surface area contributed by atoms with Crippen LogP contribution in [0.2, 0.25) is 0 Å². The second-order valence-corrected chi connectivity index (χ2v) is 5.59. The number of nitriles is 1. The minimum Gasteiger partial charge on any atom is -0.452 e. The number of carbonyl (C=O) groups excluding carboxylic acids is 2. The lowest BCUT2D eigenvalue weighted by Crippen LogP contribution is -2.27. The zero-order valence-electron chi connectivity index (χ0n) is 14.5. The van der Waals surface area contributed by atoms with Crippen LogP contribution in [0.3, 0.4) is 0 Å². The van der Waals surface area contributed by atoms with Crippen molar-refractivity contribution in [3.63, 3.8) is 0 Å². The molecule has 0 saturated carbocycles. The highest BCUT2D eigenvalue weighted by Crippen LogP contribution is 2.14. The maximum absolute atomic E-state index is 12.4. The van der Waals surface area contributed by atoms with Gasteiger partial charge in [0.2, 0.25) is 5.78 Å². The van der Waals surface area contributed by atoms with Crippen LogP contribution in [0.5, 0.6) is 0 Å². The number of allylic oxidation sites excluding steroid dienone is 1. The van der Waals surface area contributed by atoms with Crippen LogP contribution < -0.4 is 11.3 Å². The Hall–Kier alpha value is -3.47. The van der Waals surface area contributed by atoms with E-state index in [1.807, 2.05) is 6.92 Å². The number of aromatic nitrogens is 2. The second-order valence-electron chi connectivity index (χ2n) is 5.59. The lowest BCUT2D eigenvalue weighted by Gasteiger charge is -2.10. The van der Waals surface area contributed by atoms with E-state index < -0.39 is 18.4 Å². The average Bonchev–Trinajstić information content (AvgIpc) is 2.62. The summed E-state index contributed by atoms with van der Waals surface area (Å²) < 4.78 is 6.20. The molecule has 0 atom stereocenters. The smallest absolute Gasteiger partial charge is 0.359 e. The molecule has 2 rings (SSSR count). The van der Waals surface area contributed by atoms with E-state index in [0.717, 1.165) is 0 Å². The number of carbonyl (C=O) groups is 2. The van der Waals surface area contributed by atoms with Crippen LogP contribution in [0.1, 0.15) is 30.8 Å². The fourth-order valence-corrected chi connectivity index (χ4v) is 2.39. The molecule has 26 heavy (non-hydrogen) atoms. The van der Waals surface area contributed by atoms with Crippen LogP contribution in [-0.2, 0) is 16.1 Å². The predicted octanol–water partition coefficient (Wildman–Crippen LogP) is 1.29. The Bertz CT molecular complexity index is 994. The highest BCUT2D eigenvalue weighted by atomic mass is 16.5. The van der Waals surface area contributed by atoms with Gasteiger partial charge in [-0.2, -0.15) is 10.4 Å². The zero-order valence-corrected chi connectivity index (χ0v) is 14.5. The number of ketones is 1. The molecule has 8 nitrogen and oxygen atoms in total. The van der Waals surface area contributed by atoms with Crippen molar-refractivity contribution in [3.8, 4) is 6.07 Å². The summed E-state index contributed by atoms with van der Waals surface area (Å²) in [7, 11) is 0. The molecule has 1 aromatic carbocycles. The van der Waals surface area contributed by atoms with Crippen LogP contribution in [0, 0.1) is 11.3 Å². The molecular weight excluding hydrogens is 336 g/mol. The largest absolute Gasteiger partial charge is 0.452 e. The summed E-state index contributed by atoms with van der Waals surface area (Å²) in [5.74, 6) is -1.56. The van der Waals surface area contributed by atoms with Gasteiger partial charge in [-0.1, -0.05) is 25.1 Å². The van der Waals surface area contributed by atoms with Crippen LogP contribution in [-0.4, -0.2) is 28.1 Å². The number of ether oxygens (including phenoxy) is 1. The van der Waals surface area contributed by atoms with Gasteiger partial charge in [-0.05, 0) is 19.4 Å². The van der Waals surface area contributed by atoms with Gasteiger partial charge in [-0.15, -0.1) is 0 Å². The average molecular weight is 354 g/mol. The molecule has 0 aliphatic heterocycles. The highest BCUT2D eigenvalue weighted by molar-refractivity contribution is 6.05. The van der Waals surface area contributed by atoms with E-state index >= 15 is 0 Å². The van der Waals surface area contributed by atoms with Gasteiger partial charge in [0.05, 0.1) is 5.39 Å². The Morgan fingerprint density at radius 1 is 1.31 bits per heavy atom. The number of hydrogen-bond acceptors (Lipinski definition) is 7. The summed E-state index contributed by atoms with van der Waals surface area (Å²) >= 11 is 0. The fourth-order valence-electron chi connectivity index (χ4n) is 2.39. The quantitative estimate of drug-likeness (QED) is 0.470. The van der Waals surface area contributed by atoms with Gasteiger partial charge in [-0.25, -0.2) is 9.48 Å². The van der Waals surface area contributed by atoms with E-state index in [-0.39, 0.29) is 22.5 Å². The van der Waals surface area contributed by atoms with E-state index in [1.165, 1.54) is 11.6 Å². The van der Waals surface area contributed by atoms with E-state index in [4.69, 9.17) is 15.7 Å². The lowest BCUT2D eigenvalue weighted by atomic mass is 10.1. The summed E-state index contributed by atoms with van der Waals surface area (Å²) in [5, 5.41) is 13.7. The van der Waals surface area contributed by atoms with E-state index in [2.05, 4.69) is 5.10 Å². The fraction of sp³-hybridized carbons (Fsp3) is 0.278. The van der Waals surface area contributed by atoms with Crippen LogP contribution >= 0.6 is 0 Å². The van der Waals surface area contributed by atoms with Crippen molar-refractivity contribution >= 4 is 22.5 Å². The molecule has 0 aliphatic rings. The molecule has 0 saturated heterocycles. The summed E-state index contributed by atoms with van der Waals surface area (Å²) in [5.41, 5.74) is 4.88. The molecule has 0 unspecified atom stereocenters. The number of nitrogens with zero attached hydrogens (tertiary/aromatic N) is 3. The van der Waals surface area contributed by atoms with Gasteiger partial charge in [0.25, 0.3) is 5.56 Å². The minimum atomic E-state index is -0.855. The van der Waals surface area contributed by atoms with Crippen LogP contribution in [0.15, 0.2) is 40.3 Å². The molecule has 0 bridgehead atoms. The Morgan fingerprint density at radius 3 is 2.54 bits per heavy atom. The van der Waals surface area contributed by atoms with Crippen molar-refractivity contribution in [3.05, 3.63) is 51.6 Å². The van der Waals surface area contributed by atoms with Gasteiger partial charge in [0, 0.05) is 17.6 Å². The normalized spacial score (nSPS) is 11.6. The molecule has 0 amide bonds. The number of hydrogen-bond donors (Lipinski definition) is 1. The second kappa shape index (κ2) is 8.07. The third kappa shape index (κ3) is 3.78. The molecule has 134 valence electrons. The lowest BCUT2D eigenvalue weighted by molar-refractivity contribution is -0.118. The van der Waals surface area contributed by atoms with Crippen molar-refractivity contribution < 1.29 is 14.3 Å². The molecular formula is C18H18N4O4. The first-order valence-electron chi connectivity index (χ1n) is 7.97. The number of fused-ring (bicyclic) bond motifs is 1. The first-order chi connectivity index (χ1) is 12.4. The summed E-state index contributed by atoms with van der Waals surface area (Å²) in [6.45, 7) is 2.99. The predicted molar refractivity (Wildman–Crippen MR) is 94.1 cm³/mol. The maximum atomic E-state index is 12.4. The summed E-state index contributed by atoms with van der Waals surface area (Å²) in [4.78, 5) is 36.8. The SMILES string of the molecule is CCCn1nc(C(=O)OCC(=O)/C(C#N)=C(\C)N)c2ccccc2c1=O. The Labute approximate surface area is 149 Å². The van der Waals surface area contributed by atoms with Crippen molar-refractivity contribution in [2.45, 2.75) is 26.8 Å². The third-order valence-corrected chi connectivity index (χ3v) is 3.62. The first-order valence-corrected chi connectivity index (χ1v) is 7.97. The number of aryl methyl sites for hydroxylation is 1. The van der Waals surface area contributed by atoms with E-state index in [0.29, 0.717) is 23.7 Å². The van der Waals surface area contributed by atoms with E-state index in [1.54, 1.807) is 30.3 Å². The molecule has 0 fully saturated rings. The molecule has 1 aromatic heterocycles. The molecule has 2 aromatic rings. The topological polar surface area (TPSA) is 128 Å². The Balaban J connectivity index is 2.38. The maximum Gasteiger partial charge on any atom is 0.359 e. The molecule has 0 spiro atoms. The Morgan fingerprint density at radius 2 is 1.96 bits per heavy atom. The Kier molecular flexibility index (Phi) is 5.86.